The van der Waals surface area contributed by atoms with Crippen LogP contribution in [0, 0.1) is 0 Å². The maximum absolute atomic E-state index is 11.3. The number of hydrogen-bond acceptors (Lipinski definition) is 5. The van der Waals surface area contributed by atoms with E-state index in [9.17, 15) is 4.79 Å². The van der Waals surface area contributed by atoms with E-state index in [4.69, 9.17) is 21.3 Å². The van der Waals surface area contributed by atoms with E-state index in [0.29, 0.717) is 13.0 Å². The number of nitrogens with two attached hydrogens (primary N) is 2. The van der Waals surface area contributed by atoms with Crippen molar-refractivity contribution in [3.05, 3.63) is 11.6 Å². The van der Waals surface area contributed by atoms with Gasteiger partial charge in [-0.2, -0.15) is 0 Å². The summed E-state index contributed by atoms with van der Waals surface area (Å²) in [7, 11) is 0. The molecule has 0 spiro atoms. The minimum Gasteiger partial charge on any atom is -0.462 e. The molecule has 112 valence electrons. The highest BCUT2D eigenvalue weighted by Crippen LogP contribution is 2.18. The fourth-order valence-corrected chi connectivity index (χ4v) is 1.63. The van der Waals surface area contributed by atoms with Gasteiger partial charge in [0.25, 0.3) is 0 Å². The van der Waals surface area contributed by atoms with Crippen LogP contribution in [0.25, 0.3) is 0 Å². The molecule has 0 fully saturated rings. The first-order chi connectivity index (χ1) is 9.26. The molecule has 5 nitrogen and oxygen atoms in total. The molecule has 0 amide bonds. The van der Waals surface area contributed by atoms with Crippen molar-refractivity contribution in [2.45, 2.75) is 44.9 Å². The topological polar surface area (TPSA) is 98.6 Å². The van der Waals surface area contributed by atoms with E-state index in [2.05, 4.69) is 0 Å². The molecular weight excluding hydrogens is 244 g/mol. The third-order valence-electron chi connectivity index (χ3n) is 2.75. The van der Waals surface area contributed by atoms with Crippen LogP contribution in [0.2, 0.25) is 0 Å². The van der Waals surface area contributed by atoms with Crippen LogP contribution in [0.3, 0.4) is 0 Å². The Kier molecular flexibility index (Phi) is 12.9. The quantitative estimate of drug-likeness (QED) is 0.476. The number of carbonyl (C=O) groups is 1. The van der Waals surface area contributed by atoms with Crippen molar-refractivity contribution in [1.82, 2.24) is 0 Å². The number of allylic oxidation sites excluding steroid dienone is 1. The first-order valence-electron chi connectivity index (χ1n) is 7.13. The number of carbonyl (C=O) groups excluding carboxylic acids is 1. The Balaban J connectivity index is 0.000000459. The van der Waals surface area contributed by atoms with E-state index in [1.165, 1.54) is 6.42 Å². The summed E-state index contributed by atoms with van der Waals surface area (Å²) < 4.78 is 4.95. The van der Waals surface area contributed by atoms with E-state index >= 15 is 0 Å². The van der Waals surface area contributed by atoms with E-state index in [1.807, 2.05) is 6.08 Å². The van der Waals surface area contributed by atoms with Crippen molar-refractivity contribution in [2.24, 2.45) is 11.5 Å². The van der Waals surface area contributed by atoms with Crippen LogP contribution in [0.1, 0.15) is 44.9 Å². The van der Waals surface area contributed by atoms with Gasteiger partial charge in [-0.3, -0.25) is 0 Å². The number of unbranched alkanes of at least 4 members (excludes halogenated alkanes) is 1. The summed E-state index contributed by atoms with van der Waals surface area (Å²) in [6, 6.07) is 0. The third kappa shape index (κ3) is 10.7. The Hall–Kier alpha value is -0.910. The van der Waals surface area contributed by atoms with Gasteiger partial charge >= 0.3 is 5.97 Å². The van der Waals surface area contributed by atoms with Crippen LogP contribution in [0.15, 0.2) is 11.6 Å². The Morgan fingerprint density at radius 1 is 1.21 bits per heavy atom. The van der Waals surface area contributed by atoms with Crippen molar-refractivity contribution < 1.29 is 14.6 Å². The summed E-state index contributed by atoms with van der Waals surface area (Å²) in [4.78, 5) is 11.3. The lowest BCUT2D eigenvalue weighted by atomic mass is 10.00. The summed E-state index contributed by atoms with van der Waals surface area (Å²) in [5.41, 5.74) is 11.1. The van der Waals surface area contributed by atoms with Crippen LogP contribution in [0.5, 0.6) is 0 Å². The zero-order valence-corrected chi connectivity index (χ0v) is 11.8. The van der Waals surface area contributed by atoms with Gasteiger partial charge in [-0.1, -0.05) is 6.08 Å². The summed E-state index contributed by atoms with van der Waals surface area (Å²) >= 11 is 0. The van der Waals surface area contributed by atoms with Crippen LogP contribution < -0.4 is 11.5 Å². The Morgan fingerprint density at radius 2 is 1.89 bits per heavy atom. The predicted molar refractivity (Wildman–Crippen MR) is 76.6 cm³/mol. The van der Waals surface area contributed by atoms with E-state index < -0.39 is 0 Å². The zero-order valence-electron chi connectivity index (χ0n) is 11.8. The standard InChI is InChI=1S/C10H16O3.C4H12N2/c11-7-4-8-13-10(12)9-5-2-1-3-6-9;5-3-1-2-4-6/h5,11H,1-4,6-8H2;1-6H2. The molecule has 0 bridgehead atoms. The average Bonchev–Trinajstić information content (AvgIpc) is 2.47. The summed E-state index contributed by atoms with van der Waals surface area (Å²) in [6.07, 6.45) is 8.72. The smallest absolute Gasteiger partial charge is 0.333 e. The van der Waals surface area contributed by atoms with Gasteiger partial charge in [-0.25, -0.2) is 4.79 Å². The third-order valence-corrected chi connectivity index (χ3v) is 2.75. The zero-order chi connectivity index (χ0) is 14.3. The molecule has 0 aliphatic heterocycles. The van der Waals surface area contributed by atoms with Crippen molar-refractivity contribution >= 4 is 5.97 Å². The first-order valence-corrected chi connectivity index (χ1v) is 7.13. The molecule has 0 aromatic rings. The molecule has 1 aliphatic carbocycles. The van der Waals surface area contributed by atoms with Gasteiger partial charge in [0, 0.05) is 18.6 Å². The van der Waals surface area contributed by atoms with Crippen LogP contribution in [0.4, 0.5) is 0 Å². The number of ether oxygens (including phenoxy) is 1. The van der Waals surface area contributed by atoms with Crippen LogP contribution in [-0.2, 0) is 9.53 Å². The van der Waals surface area contributed by atoms with Gasteiger partial charge in [0.1, 0.15) is 0 Å². The second kappa shape index (κ2) is 13.5. The number of esters is 1. The summed E-state index contributed by atoms with van der Waals surface area (Å²) in [5.74, 6) is -0.201. The van der Waals surface area contributed by atoms with E-state index in [0.717, 1.165) is 50.8 Å². The van der Waals surface area contributed by atoms with Gasteiger partial charge in [0.05, 0.1) is 6.61 Å². The molecule has 5 N–H and O–H groups in total. The molecule has 0 unspecified atom stereocenters. The number of aliphatic hydroxyl groups is 1. The normalized spacial score (nSPS) is 14.2. The SMILES string of the molecule is NCCCCN.O=C(OCCCO)C1=CCCCC1. The second-order valence-corrected chi connectivity index (χ2v) is 4.47. The van der Waals surface area contributed by atoms with Crippen molar-refractivity contribution in [3.63, 3.8) is 0 Å². The minimum absolute atomic E-state index is 0.0757. The largest absolute Gasteiger partial charge is 0.462 e. The molecule has 0 saturated heterocycles. The van der Waals surface area contributed by atoms with Gasteiger partial charge < -0.3 is 21.3 Å². The Labute approximate surface area is 116 Å². The summed E-state index contributed by atoms with van der Waals surface area (Å²) in [5, 5.41) is 8.48. The van der Waals surface area contributed by atoms with E-state index in [-0.39, 0.29) is 12.6 Å². The van der Waals surface area contributed by atoms with E-state index in [1.54, 1.807) is 0 Å². The van der Waals surface area contributed by atoms with Crippen molar-refractivity contribution in [1.29, 1.82) is 0 Å². The fourth-order valence-electron chi connectivity index (χ4n) is 1.63. The van der Waals surface area contributed by atoms with Crippen LogP contribution >= 0.6 is 0 Å². The molecule has 0 radical (unpaired) electrons. The summed E-state index contributed by atoms with van der Waals surface area (Å²) in [6.45, 7) is 1.95. The van der Waals surface area contributed by atoms with Crippen molar-refractivity contribution in [3.8, 4) is 0 Å². The Morgan fingerprint density at radius 3 is 2.37 bits per heavy atom. The molecule has 0 aromatic carbocycles. The number of hydrogen-bond donors (Lipinski definition) is 3. The second-order valence-electron chi connectivity index (χ2n) is 4.47. The number of rotatable bonds is 7. The maximum Gasteiger partial charge on any atom is 0.333 e. The molecular formula is C14H28N2O3. The highest BCUT2D eigenvalue weighted by molar-refractivity contribution is 5.88. The molecule has 0 heterocycles. The predicted octanol–water partition coefficient (Wildman–Crippen LogP) is 1.10. The molecule has 0 saturated carbocycles. The lowest BCUT2D eigenvalue weighted by Gasteiger charge is -2.11. The molecule has 1 aliphatic rings. The molecule has 0 aromatic heterocycles. The average molecular weight is 272 g/mol. The first kappa shape index (κ1) is 18.1. The molecule has 0 atom stereocenters. The monoisotopic (exact) mass is 272 g/mol. The highest BCUT2D eigenvalue weighted by atomic mass is 16.5. The van der Waals surface area contributed by atoms with Crippen LogP contribution in [-0.4, -0.2) is 37.4 Å². The van der Waals surface area contributed by atoms with Gasteiger partial charge in [0.15, 0.2) is 0 Å². The fraction of sp³-hybridized carbons (Fsp3) is 0.786. The molecule has 19 heavy (non-hydrogen) atoms. The maximum atomic E-state index is 11.3. The van der Waals surface area contributed by atoms with Gasteiger partial charge in [-0.05, 0) is 51.6 Å². The van der Waals surface area contributed by atoms with Crippen molar-refractivity contribution in [2.75, 3.05) is 26.3 Å². The number of aliphatic hydroxyl groups excluding tert-OH is 1. The highest BCUT2D eigenvalue weighted by Gasteiger charge is 2.12. The van der Waals surface area contributed by atoms with Gasteiger partial charge in [0.2, 0.25) is 0 Å². The molecule has 1 rings (SSSR count). The minimum atomic E-state index is -0.201. The molecule has 5 heteroatoms. The van der Waals surface area contributed by atoms with Gasteiger partial charge in [-0.15, -0.1) is 0 Å². The lowest BCUT2D eigenvalue weighted by Crippen LogP contribution is -2.11. The lowest BCUT2D eigenvalue weighted by molar-refractivity contribution is -0.139. The Bertz CT molecular complexity index is 251.